The molecule has 0 saturated carbocycles. The van der Waals surface area contributed by atoms with Crippen LogP contribution in [0.3, 0.4) is 0 Å². The van der Waals surface area contributed by atoms with E-state index < -0.39 is 16.1 Å². The number of carbonyl (C=O) groups excluding carboxylic acids is 1. The fourth-order valence-corrected chi connectivity index (χ4v) is 5.35. The Morgan fingerprint density at radius 1 is 1.23 bits per heavy atom. The Morgan fingerprint density at radius 2 is 1.93 bits per heavy atom. The van der Waals surface area contributed by atoms with Crippen molar-refractivity contribution < 1.29 is 13.2 Å². The van der Waals surface area contributed by atoms with Crippen LogP contribution in [0, 0.1) is 6.92 Å². The van der Waals surface area contributed by atoms with Crippen molar-refractivity contribution in [1.82, 2.24) is 19.0 Å². The summed E-state index contributed by atoms with van der Waals surface area (Å²) < 4.78 is 29.2. The SMILES string of the molecule is CCN(CC)CCn1cc(NC(=O)[C@@H]2CCCN2S(=O)(=O)c2ccc(C)cc2)cn1. The molecule has 164 valence electrons. The normalized spacial score (nSPS) is 17.5. The Bertz CT molecular complexity index is 951. The molecule has 2 aromatic rings. The number of likely N-dealkylation sites (N-methyl/N-ethyl adjacent to an activating group) is 1. The van der Waals surface area contributed by atoms with Crippen molar-refractivity contribution in [3.63, 3.8) is 0 Å². The van der Waals surface area contributed by atoms with E-state index in [0.29, 0.717) is 25.1 Å². The maximum atomic E-state index is 13.0. The van der Waals surface area contributed by atoms with Crippen molar-refractivity contribution in [3.05, 3.63) is 42.2 Å². The molecule has 9 heteroatoms. The van der Waals surface area contributed by atoms with Gasteiger partial charge in [-0.15, -0.1) is 0 Å². The molecule has 1 aliphatic rings. The van der Waals surface area contributed by atoms with Crippen LogP contribution in [0.1, 0.15) is 32.3 Å². The molecule has 3 rings (SSSR count). The van der Waals surface area contributed by atoms with Gasteiger partial charge < -0.3 is 10.2 Å². The van der Waals surface area contributed by atoms with Gasteiger partial charge in [-0.25, -0.2) is 8.42 Å². The van der Waals surface area contributed by atoms with E-state index in [4.69, 9.17) is 0 Å². The molecule has 1 N–H and O–H groups in total. The minimum absolute atomic E-state index is 0.219. The van der Waals surface area contributed by atoms with Crippen LogP contribution in [0.2, 0.25) is 0 Å². The lowest BCUT2D eigenvalue weighted by molar-refractivity contribution is -0.119. The number of nitrogens with zero attached hydrogens (tertiary/aromatic N) is 4. The fourth-order valence-electron chi connectivity index (χ4n) is 3.70. The second-order valence-corrected chi connectivity index (χ2v) is 9.49. The highest BCUT2D eigenvalue weighted by molar-refractivity contribution is 7.89. The van der Waals surface area contributed by atoms with Crippen molar-refractivity contribution in [1.29, 1.82) is 0 Å². The number of aryl methyl sites for hydroxylation is 1. The molecule has 0 bridgehead atoms. The van der Waals surface area contributed by atoms with E-state index in [2.05, 4.69) is 29.2 Å². The van der Waals surface area contributed by atoms with E-state index in [-0.39, 0.29) is 10.8 Å². The summed E-state index contributed by atoms with van der Waals surface area (Å²) in [6.07, 6.45) is 4.56. The summed E-state index contributed by atoms with van der Waals surface area (Å²) in [4.78, 5) is 15.4. The number of rotatable bonds is 9. The third-order valence-electron chi connectivity index (χ3n) is 5.57. The number of nitrogens with one attached hydrogen (secondary N) is 1. The molecule has 0 aliphatic carbocycles. The number of sulfonamides is 1. The maximum Gasteiger partial charge on any atom is 0.243 e. The fraction of sp³-hybridized carbons (Fsp3) is 0.524. The molecule has 2 heterocycles. The van der Waals surface area contributed by atoms with E-state index in [1.54, 1.807) is 41.3 Å². The molecular formula is C21H31N5O3S. The molecule has 1 saturated heterocycles. The van der Waals surface area contributed by atoms with Crippen molar-refractivity contribution in [2.24, 2.45) is 0 Å². The molecule has 1 aromatic carbocycles. The van der Waals surface area contributed by atoms with Crippen LogP contribution in [-0.2, 0) is 21.4 Å². The van der Waals surface area contributed by atoms with E-state index in [1.165, 1.54) is 4.31 Å². The van der Waals surface area contributed by atoms with E-state index >= 15 is 0 Å². The Hall–Kier alpha value is -2.23. The zero-order valence-electron chi connectivity index (χ0n) is 17.9. The lowest BCUT2D eigenvalue weighted by atomic mass is 10.2. The van der Waals surface area contributed by atoms with Gasteiger partial charge >= 0.3 is 0 Å². The van der Waals surface area contributed by atoms with Gasteiger partial charge in [-0.05, 0) is 45.0 Å². The van der Waals surface area contributed by atoms with Crippen LogP contribution < -0.4 is 5.32 Å². The molecule has 8 nitrogen and oxygen atoms in total. The highest BCUT2D eigenvalue weighted by Crippen LogP contribution is 2.27. The van der Waals surface area contributed by atoms with Crippen LogP contribution >= 0.6 is 0 Å². The predicted molar refractivity (Wildman–Crippen MR) is 117 cm³/mol. The Labute approximate surface area is 178 Å². The van der Waals surface area contributed by atoms with Gasteiger partial charge in [0.15, 0.2) is 0 Å². The summed E-state index contributed by atoms with van der Waals surface area (Å²) in [6, 6.07) is 6.01. The summed E-state index contributed by atoms with van der Waals surface area (Å²) in [5.74, 6) is -0.313. The van der Waals surface area contributed by atoms with Crippen molar-refractivity contribution in [2.45, 2.75) is 51.1 Å². The monoisotopic (exact) mass is 433 g/mol. The smallest absolute Gasteiger partial charge is 0.243 e. The molecule has 0 radical (unpaired) electrons. The largest absolute Gasteiger partial charge is 0.322 e. The number of hydrogen-bond donors (Lipinski definition) is 1. The molecule has 1 amide bonds. The van der Waals surface area contributed by atoms with Crippen molar-refractivity contribution in [2.75, 3.05) is 31.5 Å². The third-order valence-corrected chi connectivity index (χ3v) is 7.50. The first-order valence-electron chi connectivity index (χ1n) is 10.5. The van der Waals surface area contributed by atoms with Gasteiger partial charge in [0.1, 0.15) is 6.04 Å². The minimum atomic E-state index is -3.71. The number of benzene rings is 1. The Kier molecular flexibility index (Phi) is 7.27. The molecule has 1 aliphatic heterocycles. The number of anilines is 1. The first kappa shape index (κ1) is 22.5. The molecule has 1 fully saturated rings. The lowest BCUT2D eigenvalue weighted by Gasteiger charge is -2.23. The summed E-state index contributed by atoms with van der Waals surface area (Å²) >= 11 is 0. The van der Waals surface area contributed by atoms with E-state index in [9.17, 15) is 13.2 Å². The minimum Gasteiger partial charge on any atom is -0.322 e. The maximum absolute atomic E-state index is 13.0. The zero-order valence-corrected chi connectivity index (χ0v) is 18.7. The summed E-state index contributed by atoms with van der Waals surface area (Å²) in [6.45, 7) is 10.1. The average molecular weight is 434 g/mol. The average Bonchev–Trinajstić information content (AvgIpc) is 3.39. The third kappa shape index (κ3) is 5.08. The second-order valence-electron chi connectivity index (χ2n) is 7.60. The number of amides is 1. The van der Waals surface area contributed by atoms with Gasteiger partial charge in [0.25, 0.3) is 0 Å². The van der Waals surface area contributed by atoms with Gasteiger partial charge in [-0.2, -0.15) is 9.40 Å². The van der Waals surface area contributed by atoms with Crippen LogP contribution in [0.5, 0.6) is 0 Å². The summed E-state index contributed by atoms with van der Waals surface area (Å²) in [5.41, 5.74) is 1.57. The quantitative estimate of drug-likeness (QED) is 0.656. The van der Waals surface area contributed by atoms with E-state index in [1.807, 2.05) is 6.92 Å². The summed E-state index contributed by atoms with van der Waals surface area (Å²) in [7, 11) is -3.71. The zero-order chi connectivity index (χ0) is 21.7. The highest BCUT2D eigenvalue weighted by Gasteiger charge is 2.39. The molecule has 1 atom stereocenters. The Morgan fingerprint density at radius 3 is 2.60 bits per heavy atom. The predicted octanol–water partition coefficient (Wildman–Crippen LogP) is 2.33. The molecular weight excluding hydrogens is 402 g/mol. The van der Waals surface area contributed by atoms with Crippen LogP contribution in [0.25, 0.3) is 0 Å². The second kappa shape index (κ2) is 9.72. The Balaban J connectivity index is 1.66. The topological polar surface area (TPSA) is 87.5 Å². The first-order valence-corrected chi connectivity index (χ1v) is 11.9. The van der Waals surface area contributed by atoms with Gasteiger partial charge in [-0.3, -0.25) is 9.48 Å². The number of hydrogen-bond acceptors (Lipinski definition) is 5. The standard InChI is InChI=1S/C21H31N5O3S/c1-4-24(5-2)13-14-25-16-18(15-22-25)23-21(27)20-7-6-12-26(20)30(28,29)19-10-8-17(3)9-11-19/h8-11,15-16,20H,4-7,12-14H2,1-3H3,(H,23,27)/t20-/m0/s1. The van der Waals surface area contributed by atoms with Crippen molar-refractivity contribution >= 4 is 21.6 Å². The van der Waals surface area contributed by atoms with Gasteiger partial charge in [-0.1, -0.05) is 31.5 Å². The molecule has 0 spiro atoms. The van der Waals surface area contributed by atoms with E-state index in [0.717, 1.165) is 31.7 Å². The molecule has 1 aromatic heterocycles. The van der Waals surface area contributed by atoms with Gasteiger partial charge in [0, 0.05) is 19.3 Å². The van der Waals surface area contributed by atoms with Crippen LogP contribution in [0.4, 0.5) is 5.69 Å². The van der Waals surface area contributed by atoms with Gasteiger partial charge in [0.2, 0.25) is 15.9 Å². The number of aromatic nitrogens is 2. The molecule has 0 unspecified atom stereocenters. The van der Waals surface area contributed by atoms with Crippen LogP contribution in [0.15, 0.2) is 41.6 Å². The van der Waals surface area contributed by atoms with Gasteiger partial charge in [0.05, 0.1) is 23.3 Å². The van der Waals surface area contributed by atoms with Crippen LogP contribution in [-0.4, -0.2) is 65.5 Å². The van der Waals surface area contributed by atoms with Crippen molar-refractivity contribution in [3.8, 4) is 0 Å². The first-order chi connectivity index (χ1) is 14.3. The highest BCUT2D eigenvalue weighted by atomic mass is 32.2. The number of carbonyl (C=O) groups is 1. The lowest BCUT2D eigenvalue weighted by Crippen LogP contribution is -2.43. The summed E-state index contributed by atoms with van der Waals surface area (Å²) in [5, 5.41) is 7.14. The molecule has 30 heavy (non-hydrogen) atoms.